The van der Waals surface area contributed by atoms with Gasteiger partial charge in [-0.05, 0) is 6.07 Å². The second kappa shape index (κ2) is 5.25. The third kappa shape index (κ3) is 2.75. The maximum atomic E-state index is 13.4. The minimum Gasteiger partial charge on any atom is -0.435 e. The number of hydrogen-bond acceptors (Lipinski definition) is 5. The first-order valence-corrected chi connectivity index (χ1v) is 5.49. The molecule has 20 heavy (non-hydrogen) atoms. The Morgan fingerprint density at radius 3 is 2.60 bits per heavy atom. The zero-order chi connectivity index (χ0) is 14.9. The summed E-state index contributed by atoms with van der Waals surface area (Å²) in [6.45, 7) is 0. The van der Waals surface area contributed by atoms with E-state index in [9.17, 15) is 18.9 Å². The minimum absolute atomic E-state index is 0.0744. The van der Waals surface area contributed by atoms with Crippen molar-refractivity contribution in [1.82, 2.24) is 4.98 Å². The number of halogens is 3. The van der Waals surface area contributed by atoms with Crippen LogP contribution in [0.25, 0.3) is 0 Å². The van der Waals surface area contributed by atoms with Gasteiger partial charge in [-0.1, -0.05) is 11.6 Å². The molecular weight excluding hydrogens is 296 g/mol. The molecule has 104 valence electrons. The number of aromatic nitrogens is 1. The number of nitrogens with zero attached hydrogens (tertiary/aromatic N) is 2. The first-order chi connectivity index (χ1) is 9.38. The smallest absolute Gasteiger partial charge is 0.271 e. The van der Waals surface area contributed by atoms with Crippen molar-refractivity contribution in [3.63, 3.8) is 0 Å². The highest BCUT2D eigenvalue weighted by Crippen LogP contribution is 2.33. The van der Waals surface area contributed by atoms with Crippen LogP contribution in [-0.4, -0.2) is 9.91 Å². The average Bonchev–Trinajstić information content (AvgIpc) is 2.37. The van der Waals surface area contributed by atoms with Crippen molar-refractivity contribution in [2.24, 2.45) is 0 Å². The first-order valence-electron chi connectivity index (χ1n) is 5.12. The number of hydrogen-bond donors (Lipinski definition) is 1. The van der Waals surface area contributed by atoms with Gasteiger partial charge in [0.2, 0.25) is 0 Å². The van der Waals surface area contributed by atoms with Gasteiger partial charge < -0.3 is 10.5 Å². The standard InChI is InChI=1S/C11H6ClF2N3O3/c12-6-3-5(17(18)19)1-2-9(6)20-11-8(14)4-7(13)10(15)16-11/h1-4H,(H2,15,16). The van der Waals surface area contributed by atoms with Crippen molar-refractivity contribution in [3.05, 3.63) is 51.0 Å². The molecule has 0 aliphatic heterocycles. The maximum Gasteiger partial charge on any atom is 0.271 e. The normalized spacial score (nSPS) is 10.3. The Bertz CT molecular complexity index is 697. The highest BCUT2D eigenvalue weighted by atomic mass is 35.5. The maximum absolute atomic E-state index is 13.4. The molecule has 1 aromatic carbocycles. The molecule has 0 unspecified atom stereocenters. The number of benzene rings is 1. The number of ether oxygens (including phenoxy) is 1. The van der Waals surface area contributed by atoms with E-state index in [0.29, 0.717) is 6.07 Å². The molecule has 0 bridgehead atoms. The summed E-state index contributed by atoms with van der Waals surface area (Å²) >= 11 is 5.76. The summed E-state index contributed by atoms with van der Waals surface area (Å²) in [6.07, 6.45) is 0. The van der Waals surface area contributed by atoms with Gasteiger partial charge in [-0.3, -0.25) is 10.1 Å². The molecule has 0 atom stereocenters. The summed E-state index contributed by atoms with van der Waals surface area (Å²) in [7, 11) is 0. The molecular formula is C11H6ClF2N3O3. The van der Waals surface area contributed by atoms with Gasteiger partial charge in [0.25, 0.3) is 11.6 Å². The van der Waals surface area contributed by atoms with E-state index < -0.39 is 28.3 Å². The van der Waals surface area contributed by atoms with Crippen LogP contribution in [0.2, 0.25) is 5.02 Å². The largest absolute Gasteiger partial charge is 0.435 e. The Labute approximate surface area is 115 Å². The van der Waals surface area contributed by atoms with Gasteiger partial charge in [-0.15, -0.1) is 0 Å². The summed E-state index contributed by atoms with van der Waals surface area (Å²) in [4.78, 5) is 13.3. The molecule has 2 rings (SSSR count). The van der Waals surface area contributed by atoms with Gasteiger partial charge in [0.05, 0.1) is 9.95 Å². The molecule has 0 radical (unpaired) electrons. The number of pyridine rings is 1. The fraction of sp³-hybridized carbons (Fsp3) is 0. The first kappa shape index (κ1) is 13.9. The Balaban J connectivity index is 2.35. The number of rotatable bonds is 3. The van der Waals surface area contributed by atoms with Crippen LogP contribution in [0.15, 0.2) is 24.3 Å². The van der Waals surface area contributed by atoms with E-state index in [1.54, 1.807) is 0 Å². The lowest BCUT2D eigenvalue weighted by Gasteiger charge is -2.08. The van der Waals surface area contributed by atoms with Crippen molar-refractivity contribution in [2.75, 3.05) is 5.73 Å². The lowest BCUT2D eigenvalue weighted by atomic mass is 10.3. The number of nitrogens with two attached hydrogens (primary N) is 1. The van der Waals surface area contributed by atoms with Gasteiger partial charge in [0.1, 0.15) is 5.75 Å². The zero-order valence-corrected chi connectivity index (χ0v) is 10.4. The number of non-ortho nitro benzene ring substituents is 1. The molecule has 0 saturated heterocycles. The molecule has 0 amide bonds. The Morgan fingerprint density at radius 2 is 2.00 bits per heavy atom. The predicted molar refractivity (Wildman–Crippen MR) is 66.7 cm³/mol. The molecule has 0 aliphatic rings. The predicted octanol–water partition coefficient (Wildman–Crippen LogP) is 3.30. The number of nitrogen functional groups attached to an aromatic ring is 1. The molecule has 0 saturated carbocycles. The fourth-order valence-corrected chi connectivity index (χ4v) is 1.54. The van der Waals surface area contributed by atoms with Gasteiger partial charge in [0, 0.05) is 18.2 Å². The second-order valence-electron chi connectivity index (χ2n) is 3.62. The van der Waals surface area contributed by atoms with Crippen molar-refractivity contribution in [1.29, 1.82) is 0 Å². The number of nitro groups is 1. The molecule has 2 aromatic rings. The molecule has 9 heteroatoms. The monoisotopic (exact) mass is 301 g/mol. The van der Waals surface area contributed by atoms with Gasteiger partial charge in [-0.25, -0.2) is 8.78 Å². The van der Waals surface area contributed by atoms with E-state index in [1.807, 2.05) is 0 Å². The Morgan fingerprint density at radius 1 is 1.30 bits per heavy atom. The van der Waals surface area contributed by atoms with Crippen LogP contribution in [0.3, 0.4) is 0 Å². The SMILES string of the molecule is Nc1nc(Oc2ccc([N+](=O)[O-])cc2Cl)c(F)cc1F. The molecule has 0 fully saturated rings. The summed E-state index contributed by atoms with van der Waals surface area (Å²) in [5.74, 6) is -3.30. The molecule has 1 aromatic heterocycles. The van der Waals surface area contributed by atoms with E-state index in [1.165, 1.54) is 6.07 Å². The second-order valence-corrected chi connectivity index (χ2v) is 4.02. The lowest BCUT2D eigenvalue weighted by Crippen LogP contribution is -2.00. The van der Waals surface area contributed by atoms with E-state index in [4.69, 9.17) is 22.1 Å². The topological polar surface area (TPSA) is 91.3 Å². The summed E-state index contributed by atoms with van der Waals surface area (Å²) < 4.78 is 31.4. The minimum atomic E-state index is -1.08. The quantitative estimate of drug-likeness (QED) is 0.693. The van der Waals surface area contributed by atoms with Crippen molar-refractivity contribution < 1.29 is 18.4 Å². The van der Waals surface area contributed by atoms with Crippen LogP contribution in [0.1, 0.15) is 0 Å². The van der Waals surface area contributed by atoms with Gasteiger partial charge in [0.15, 0.2) is 17.5 Å². The molecule has 2 N–H and O–H groups in total. The average molecular weight is 302 g/mol. The number of anilines is 1. The third-order valence-electron chi connectivity index (χ3n) is 2.26. The molecule has 6 nitrogen and oxygen atoms in total. The van der Waals surface area contributed by atoms with Gasteiger partial charge in [-0.2, -0.15) is 4.98 Å². The third-order valence-corrected chi connectivity index (χ3v) is 2.55. The van der Waals surface area contributed by atoms with Crippen LogP contribution in [0.5, 0.6) is 11.6 Å². The zero-order valence-electron chi connectivity index (χ0n) is 9.64. The van der Waals surface area contributed by atoms with Crippen LogP contribution in [0, 0.1) is 21.7 Å². The summed E-state index contributed by atoms with van der Waals surface area (Å²) in [5.41, 5.74) is 4.93. The van der Waals surface area contributed by atoms with E-state index >= 15 is 0 Å². The molecule has 0 spiro atoms. The van der Waals surface area contributed by atoms with Crippen molar-refractivity contribution in [2.45, 2.75) is 0 Å². The van der Waals surface area contributed by atoms with Crippen LogP contribution in [-0.2, 0) is 0 Å². The van der Waals surface area contributed by atoms with Crippen molar-refractivity contribution >= 4 is 23.1 Å². The Kier molecular flexibility index (Phi) is 3.66. The van der Waals surface area contributed by atoms with Crippen molar-refractivity contribution in [3.8, 4) is 11.6 Å². The Hall–Kier alpha value is -2.48. The van der Waals surface area contributed by atoms with E-state index in [0.717, 1.165) is 12.1 Å². The molecule has 1 heterocycles. The van der Waals surface area contributed by atoms with E-state index in [2.05, 4.69) is 4.98 Å². The van der Waals surface area contributed by atoms with Crippen LogP contribution in [0.4, 0.5) is 20.3 Å². The van der Waals surface area contributed by atoms with E-state index in [-0.39, 0.29) is 16.5 Å². The van der Waals surface area contributed by atoms with Crippen LogP contribution >= 0.6 is 11.6 Å². The highest BCUT2D eigenvalue weighted by molar-refractivity contribution is 6.32. The summed E-state index contributed by atoms with van der Waals surface area (Å²) in [5, 5.41) is 10.4. The molecule has 0 aliphatic carbocycles. The highest BCUT2D eigenvalue weighted by Gasteiger charge is 2.15. The fourth-order valence-electron chi connectivity index (χ4n) is 1.32. The summed E-state index contributed by atoms with van der Waals surface area (Å²) in [6, 6.07) is 3.83. The van der Waals surface area contributed by atoms with Gasteiger partial charge >= 0.3 is 0 Å². The van der Waals surface area contributed by atoms with Crippen LogP contribution < -0.4 is 10.5 Å². The lowest BCUT2D eigenvalue weighted by molar-refractivity contribution is -0.384. The number of nitro benzene ring substituents is 1.